The van der Waals surface area contributed by atoms with Gasteiger partial charge in [-0.1, -0.05) is 6.07 Å². The fourth-order valence-electron chi connectivity index (χ4n) is 5.18. The van der Waals surface area contributed by atoms with Crippen molar-refractivity contribution in [2.75, 3.05) is 43.4 Å². The quantitative estimate of drug-likeness (QED) is 0.391. The second kappa shape index (κ2) is 9.67. The number of hydrogen-bond acceptors (Lipinski definition) is 7. The van der Waals surface area contributed by atoms with Crippen molar-refractivity contribution in [3.8, 4) is 5.69 Å². The van der Waals surface area contributed by atoms with Crippen LogP contribution in [0.2, 0.25) is 0 Å². The summed E-state index contributed by atoms with van der Waals surface area (Å²) in [7, 11) is 1.52. The molecule has 0 saturated carbocycles. The molecular weight excluding hydrogens is 466 g/mol. The van der Waals surface area contributed by atoms with Crippen LogP contribution < -0.4 is 26.3 Å². The molecule has 3 N–H and O–H groups in total. The maximum Gasteiger partial charge on any atom is 0.256 e. The van der Waals surface area contributed by atoms with Crippen molar-refractivity contribution in [1.82, 2.24) is 25.2 Å². The third-order valence-corrected chi connectivity index (χ3v) is 7.18. The molecule has 2 aromatic heterocycles. The van der Waals surface area contributed by atoms with Gasteiger partial charge in [0.2, 0.25) is 11.4 Å². The van der Waals surface area contributed by atoms with Gasteiger partial charge in [-0.3, -0.25) is 9.59 Å². The van der Waals surface area contributed by atoms with Gasteiger partial charge in [-0.25, -0.2) is 4.98 Å². The smallest absolute Gasteiger partial charge is 0.256 e. The first kappa shape index (κ1) is 23.2. The maximum absolute atomic E-state index is 13.2. The highest BCUT2D eigenvalue weighted by Crippen LogP contribution is 2.26. The highest BCUT2D eigenvalue weighted by atomic mass is 16.2. The lowest BCUT2D eigenvalue weighted by Crippen LogP contribution is -2.43. The molecule has 4 aromatic rings. The summed E-state index contributed by atoms with van der Waals surface area (Å²) in [5.74, 6) is -0.0574. The van der Waals surface area contributed by atoms with E-state index in [2.05, 4.69) is 50.1 Å². The first-order valence-electron chi connectivity index (χ1n) is 12.7. The largest absolute Gasteiger partial charge is 0.369 e. The number of benzene rings is 2. The molecule has 1 fully saturated rings. The van der Waals surface area contributed by atoms with E-state index in [1.807, 2.05) is 22.8 Å². The van der Waals surface area contributed by atoms with Crippen molar-refractivity contribution in [3.05, 3.63) is 81.8 Å². The van der Waals surface area contributed by atoms with Gasteiger partial charge >= 0.3 is 0 Å². The molecule has 0 atom stereocenters. The Morgan fingerprint density at radius 2 is 1.76 bits per heavy atom. The number of pyridine rings is 1. The fraction of sp³-hybridized carbons (Fsp3) is 0.286. The van der Waals surface area contributed by atoms with Gasteiger partial charge in [0, 0.05) is 62.7 Å². The van der Waals surface area contributed by atoms with Crippen LogP contribution in [0.15, 0.2) is 59.7 Å². The van der Waals surface area contributed by atoms with Crippen LogP contribution in [-0.2, 0) is 12.8 Å². The molecule has 0 bridgehead atoms. The summed E-state index contributed by atoms with van der Waals surface area (Å²) >= 11 is 0. The minimum Gasteiger partial charge on any atom is -0.369 e. The summed E-state index contributed by atoms with van der Waals surface area (Å²) < 4.78 is 1.82. The molecule has 37 heavy (non-hydrogen) atoms. The number of nitrogens with one attached hydrogen (secondary N) is 3. The van der Waals surface area contributed by atoms with Crippen LogP contribution >= 0.6 is 0 Å². The number of carbonyl (C=O) groups excluding carboxylic acids is 1. The summed E-state index contributed by atoms with van der Waals surface area (Å²) in [6.07, 6.45) is 6.32. The van der Waals surface area contributed by atoms with Gasteiger partial charge in [-0.2, -0.15) is 4.98 Å². The highest BCUT2D eigenvalue weighted by molar-refractivity contribution is 5.97. The Kier molecular flexibility index (Phi) is 6.05. The van der Waals surface area contributed by atoms with Crippen LogP contribution in [0.25, 0.3) is 16.7 Å². The molecule has 2 aromatic carbocycles. The molecular formula is C28H29N7O2. The first-order chi connectivity index (χ1) is 18.1. The van der Waals surface area contributed by atoms with Gasteiger partial charge in [0.15, 0.2) is 5.65 Å². The van der Waals surface area contributed by atoms with Crippen molar-refractivity contribution in [1.29, 1.82) is 0 Å². The lowest BCUT2D eigenvalue weighted by Gasteiger charge is -2.29. The Hall–Kier alpha value is -4.24. The number of fused-ring (bicyclic) bond motifs is 2. The standard InChI is InChI=1S/C28H29N7O2/c1-29-27(37)24-17-35(22-8-5-18-3-2-4-19(18)15-22)26-23(25(24)36)16-31-28(33-26)32-20-6-9-21(10-7-20)34-13-11-30-12-14-34/h5-10,15-17,30H,2-4,11-14H2,1H3,(H,29,37)(H,31,32,33). The van der Waals surface area contributed by atoms with Crippen LogP contribution in [0.5, 0.6) is 0 Å². The molecule has 1 amide bonds. The number of amides is 1. The van der Waals surface area contributed by atoms with Gasteiger partial charge in [0.1, 0.15) is 5.56 Å². The van der Waals surface area contributed by atoms with E-state index in [9.17, 15) is 9.59 Å². The van der Waals surface area contributed by atoms with E-state index in [0.717, 1.165) is 56.8 Å². The predicted molar refractivity (Wildman–Crippen MR) is 145 cm³/mol. The molecule has 2 aliphatic rings. The topological polar surface area (TPSA) is 104 Å². The zero-order valence-electron chi connectivity index (χ0n) is 20.8. The van der Waals surface area contributed by atoms with E-state index >= 15 is 0 Å². The predicted octanol–water partition coefficient (Wildman–Crippen LogP) is 2.78. The fourth-order valence-corrected chi connectivity index (χ4v) is 5.18. The molecule has 6 rings (SSSR count). The highest BCUT2D eigenvalue weighted by Gasteiger charge is 2.19. The number of piperazine rings is 1. The third-order valence-electron chi connectivity index (χ3n) is 7.18. The molecule has 1 aliphatic carbocycles. The van der Waals surface area contributed by atoms with Crippen molar-refractivity contribution in [2.24, 2.45) is 0 Å². The molecule has 0 spiro atoms. The Morgan fingerprint density at radius 3 is 2.54 bits per heavy atom. The molecule has 9 heteroatoms. The zero-order chi connectivity index (χ0) is 25.4. The Bertz CT molecular complexity index is 1540. The third kappa shape index (κ3) is 4.42. The average molecular weight is 496 g/mol. The summed E-state index contributed by atoms with van der Waals surface area (Å²) in [5, 5.41) is 9.50. The summed E-state index contributed by atoms with van der Waals surface area (Å²) in [5.41, 5.74) is 5.66. The first-order valence-corrected chi connectivity index (χ1v) is 12.7. The second-order valence-electron chi connectivity index (χ2n) is 9.47. The summed E-state index contributed by atoms with van der Waals surface area (Å²) in [6, 6.07) is 14.5. The number of aromatic nitrogens is 3. The Morgan fingerprint density at radius 1 is 1.00 bits per heavy atom. The van der Waals surface area contributed by atoms with Crippen LogP contribution in [0.4, 0.5) is 17.3 Å². The van der Waals surface area contributed by atoms with Crippen molar-refractivity contribution >= 4 is 34.3 Å². The van der Waals surface area contributed by atoms with E-state index in [1.54, 1.807) is 6.20 Å². The van der Waals surface area contributed by atoms with E-state index in [0.29, 0.717) is 17.0 Å². The Labute approximate surface area is 214 Å². The minimum atomic E-state index is -0.436. The molecule has 188 valence electrons. The van der Waals surface area contributed by atoms with Gasteiger partial charge in [-0.15, -0.1) is 0 Å². The van der Waals surface area contributed by atoms with Crippen molar-refractivity contribution in [3.63, 3.8) is 0 Å². The van der Waals surface area contributed by atoms with Crippen molar-refractivity contribution in [2.45, 2.75) is 19.3 Å². The molecule has 3 heterocycles. The van der Waals surface area contributed by atoms with Crippen LogP contribution in [-0.4, -0.2) is 53.7 Å². The molecule has 0 unspecified atom stereocenters. The lowest BCUT2D eigenvalue weighted by molar-refractivity contribution is 0.0961. The number of nitrogens with zero attached hydrogens (tertiary/aromatic N) is 4. The van der Waals surface area contributed by atoms with Gasteiger partial charge < -0.3 is 25.4 Å². The number of carbonyl (C=O) groups is 1. The number of rotatable bonds is 5. The molecule has 1 saturated heterocycles. The summed E-state index contributed by atoms with van der Waals surface area (Å²) in [6.45, 7) is 3.94. The van der Waals surface area contributed by atoms with Crippen LogP contribution in [0.1, 0.15) is 27.9 Å². The van der Waals surface area contributed by atoms with Gasteiger partial charge in [0.25, 0.3) is 5.91 Å². The van der Waals surface area contributed by atoms with E-state index in [1.165, 1.54) is 30.1 Å². The van der Waals surface area contributed by atoms with Gasteiger partial charge in [0.05, 0.1) is 5.39 Å². The number of aryl methyl sites for hydroxylation is 2. The zero-order valence-corrected chi connectivity index (χ0v) is 20.8. The summed E-state index contributed by atoms with van der Waals surface area (Å²) in [4.78, 5) is 37.2. The monoisotopic (exact) mass is 495 g/mol. The lowest BCUT2D eigenvalue weighted by atomic mass is 10.1. The number of hydrogen-bond donors (Lipinski definition) is 3. The van der Waals surface area contributed by atoms with Crippen LogP contribution in [0.3, 0.4) is 0 Å². The second-order valence-corrected chi connectivity index (χ2v) is 9.47. The minimum absolute atomic E-state index is 0.0586. The molecule has 0 radical (unpaired) electrons. The molecule has 1 aliphatic heterocycles. The van der Waals surface area contributed by atoms with E-state index in [-0.39, 0.29) is 5.56 Å². The maximum atomic E-state index is 13.2. The SMILES string of the molecule is CNC(=O)c1cn(-c2ccc3c(c2)CCC3)c2nc(Nc3ccc(N4CCNCC4)cc3)ncc2c1=O. The van der Waals surface area contributed by atoms with Crippen molar-refractivity contribution < 1.29 is 4.79 Å². The number of anilines is 3. The molecule has 9 nitrogen and oxygen atoms in total. The van der Waals surface area contributed by atoms with E-state index < -0.39 is 11.3 Å². The average Bonchev–Trinajstić information content (AvgIpc) is 3.42. The van der Waals surface area contributed by atoms with E-state index in [4.69, 9.17) is 4.98 Å². The van der Waals surface area contributed by atoms with Gasteiger partial charge in [-0.05, 0) is 66.8 Å². The normalized spacial score (nSPS) is 15.0. The van der Waals surface area contributed by atoms with Crippen LogP contribution in [0, 0.1) is 0 Å². The Balaban J connectivity index is 1.39.